The fraction of sp³-hybridized carbons (Fsp3) is 0.545. The Morgan fingerprint density at radius 2 is 2.33 bits per heavy atom. The van der Waals surface area contributed by atoms with E-state index in [1.807, 2.05) is 6.92 Å². The molecule has 1 aromatic rings. The average Bonchev–Trinajstić information content (AvgIpc) is 2.64. The fourth-order valence-corrected chi connectivity index (χ4v) is 1.11. The lowest BCUT2D eigenvalue weighted by Gasteiger charge is -2.07. The van der Waals surface area contributed by atoms with Crippen LogP contribution in [0.15, 0.2) is 16.5 Å². The van der Waals surface area contributed by atoms with Crippen LogP contribution in [0.1, 0.15) is 37.4 Å². The van der Waals surface area contributed by atoms with Gasteiger partial charge in [-0.05, 0) is 25.5 Å². The zero-order valence-corrected chi connectivity index (χ0v) is 9.03. The predicted molar refractivity (Wildman–Crippen MR) is 54.3 cm³/mol. The van der Waals surface area contributed by atoms with E-state index in [4.69, 9.17) is 9.15 Å². The van der Waals surface area contributed by atoms with Gasteiger partial charge in [0.2, 0.25) is 6.10 Å². The van der Waals surface area contributed by atoms with Crippen molar-refractivity contribution in [1.29, 1.82) is 0 Å². The molecule has 0 spiro atoms. The van der Waals surface area contributed by atoms with Crippen LogP contribution in [0, 0.1) is 6.92 Å². The molecule has 0 bridgehead atoms. The minimum Gasteiger partial charge on any atom is -0.463 e. The zero-order valence-electron chi connectivity index (χ0n) is 9.03. The van der Waals surface area contributed by atoms with Gasteiger partial charge in [-0.2, -0.15) is 0 Å². The molecule has 1 rings (SSSR count). The lowest BCUT2D eigenvalue weighted by molar-refractivity contribution is -0.155. The van der Waals surface area contributed by atoms with Gasteiger partial charge in [0.15, 0.2) is 0 Å². The van der Waals surface area contributed by atoms with Gasteiger partial charge >= 0.3 is 5.97 Å². The van der Waals surface area contributed by atoms with E-state index in [1.54, 1.807) is 19.1 Å². The highest BCUT2D eigenvalue weighted by Gasteiger charge is 2.21. The topological polar surface area (TPSA) is 59.7 Å². The Hall–Kier alpha value is -1.29. The first-order chi connectivity index (χ1) is 7.15. The number of aliphatic hydroxyl groups excluding tert-OH is 1. The second kappa shape index (κ2) is 5.56. The molecule has 0 saturated heterocycles. The number of aliphatic hydroxyl groups is 1. The fourth-order valence-electron chi connectivity index (χ4n) is 1.11. The molecule has 0 saturated carbocycles. The highest BCUT2D eigenvalue weighted by molar-refractivity contribution is 5.75. The van der Waals surface area contributed by atoms with Gasteiger partial charge in [0.25, 0.3) is 0 Å². The molecule has 1 N–H and O–H groups in total. The summed E-state index contributed by atoms with van der Waals surface area (Å²) in [5, 5.41) is 9.53. The number of carbonyl (C=O) groups excluding carboxylic acids is 1. The number of ether oxygens (including phenoxy) is 1. The maximum Gasteiger partial charge on any atom is 0.342 e. The number of hydrogen-bond donors (Lipinski definition) is 1. The Bertz CT molecular complexity index is 316. The summed E-state index contributed by atoms with van der Waals surface area (Å²) in [6.07, 6.45) is 0.439. The van der Waals surface area contributed by atoms with Gasteiger partial charge in [-0.3, -0.25) is 0 Å². The summed E-state index contributed by atoms with van der Waals surface area (Å²) in [5.74, 6) is 0.234. The van der Waals surface area contributed by atoms with Crippen LogP contribution in [0.3, 0.4) is 0 Å². The summed E-state index contributed by atoms with van der Waals surface area (Å²) < 4.78 is 9.98. The van der Waals surface area contributed by atoms with Gasteiger partial charge in [-0.15, -0.1) is 0 Å². The SMILES string of the molecule is CCCCOC(=O)[C@@H](O)c1ccc(C)o1. The first-order valence-corrected chi connectivity index (χ1v) is 5.06. The summed E-state index contributed by atoms with van der Waals surface area (Å²) >= 11 is 0. The molecule has 0 unspecified atom stereocenters. The van der Waals surface area contributed by atoms with Crippen molar-refractivity contribution in [2.45, 2.75) is 32.8 Å². The van der Waals surface area contributed by atoms with Crippen molar-refractivity contribution in [2.24, 2.45) is 0 Å². The molecule has 4 heteroatoms. The molecule has 1 aromatic heterocycles. The third-order valence-corrected chi connectivity index (χ3v) is 2.00. The Kier molecular flexibility index (Phi) is 4.37. The van der Waals surface area contributed by atoms with E-state index in [0.29, 0.717) is 12.4 Å². The Morgan fingerprint density at radius 1 is 1.60 bits per heavy atom. The Morgan fingerprint density at radius 3 is 2.87 bits per heavy atom. The third kappa shape index (κ3) is 3.40. The molecule has 0 amide bonds. The first kappa shape index (κ1) is 11.8. The lowest BCUT2D eigenvalue weighted by Crippen LogP contribution is -2.15. The van der Waals surface area contributed by atoms with Crippen molar-refractivity contribution < 1.29 is 19.1 Å². The van der Waals surface area contributed by atoms with E-state index in [1.165, 1.54) is 0 Å². The zero-order chi connectivity index (χ0) is 11.3. The number of rotatable bonds is 5. The molecule has 0 aliphatic rings. The highest BCUT2D eigenvalue weighted by atomic mass is 16.5. The minimum absolute atomic E-state index is 0.231. The quantitative estimate of drug-likeness (QED) is 0.598. The monoisotopic (exact) mass is 212 g/mol. The van der Waals surface area contributed by atoms with E-state index in [-0.39, 0.29) is 5.76 Å². The van der Waals surface area contributed by atoms with E-state index < -0.39 is 12.1 Å². The molecule has 84 valence electrons. The molecule has 0 aromatic carbocycles. The number of furan rings is 1. The van der Waals surface area contributed by atoms with Crippen LogP contribution >= 0.6 is 0 Å². The number of esters is 1. The lowest BCUT2D eigenvalue weighted by atomic mass is 10.3. The highest BCUT2D eigenvalue weighted by Crippen LogP contribution is 2.17. The standard InChI is InChI=1S/C11H16O4/c1-3-4-7-14-11(13)10(12)9-6-5-8(2)15-9/h5-6,10,12H,3-4,7H2,1-2H3/t10-/m0/s1. The minimum atomic E-state index is -1.31. The molecule has 1 heterocycles. The van der Waals surface area contributed by atoms with Crippen LogP contribution in [0.4, 0.5) is 0 Å². The van der Waals surface area contributed by atoms with Gasteiger partial charge in [0.1, 0.15) is 11.5 Å². The van der Waals surface area contributed by atoms with Crippen LogP contribution in [-0.4, -0.2) is 17.7 Å². The summed E-state index contributed by atoms with van der Waals surface area (Å²) in [7, 11) is 0. The van der Waals surface area contributed by atoms with Crippen LogP contribution in [0.2, 0.25) is 0 Å². The number of hydrogen-bond acceptors (Lipinski definition) is 4. The van der Waals surface area contributed by atoms with Crippen molar-refractivity contribution >= 4 is 5.97 Å². The van der Waals surface area contributed by atoms with Crippen LogP contribution in [0.5, 0.6) is 0 Å². The largest absolute Gasteiger partial charge is 0.463 e. The van der Waals surface area contributed by atoms with Crippen molar-refractivity contribution in [2.75, 3.05) is 6.61 Å². The van der Waals surface area contributed by atoms with Crippen molar-refractivity contribution in [3.63, 3.8) is 0 Å². The molecule has 1 atom stereocenters. The van der Waals surface area contributed by atoms with E-state index in [2.05, 4.69) is 0 Å². The van der Waals surface area contributed by atoms with E-state index >= 15 is 0 Å². The Balaban J connectivity index is 2.46. The predicted octanol–water partition coefficient (Wildman–Crippen LogP) is 1.96. The molecule has 0 radical (unpaired) electrons. The number of carbonyl (C=O) groups is 1. The summed E-state index contributed by atoms with van der Waals surface area (Å²) in [6, 6.07) is 3.26. The second-order valence-electron chi connectivity index (χ2n) is 3.37. The molecular weight excluding hydrogens is 196 g/mol. The average molecular weight is 212 g/mol. The van der Waals surface area contributed by atoms with Gasteiger partial charge in [-0.25, -0.2) is 4.79 Å². The number of unbranched alkanes of at least 4 members (excludes halogenated alkanes) is 1. The second-order valence-corrected chi connectivity index (χ2v) is 3.37. The van der Waals surface area contributed by atoms with Gasteiger partial charge in [0.05, 0.1) is 6.61 Å². The Labute approximate surface area is 88.8 Å². The summed E-state index contributed by atoms with van der Waals surface area (Å²) in [6.45, 7) is 4.09. The van der Waals surface area contributed by atoms with Crippen molar-refractivity contribution in [3.05, 3.63) is 23.7 Å². The van der Waals surface area contributed by atoms with Gasteiger partial charge in [0, 0.05) is 0 Å². The summed E-state index contributed by atoms with van der Waals surface area (Å²) in [5.41, 5.74) is 0. The van der Waals surface area contributed by atoms with Crippen LogP contribution < -0.4 is 0 Å². The molecule has 4 nitrogen and oxygen atoms in total. The van der Waals surface area contributed by atoms with E-state index in [0.717, 1.165) is 12.8 Å². The molecule has 0 aliphatic heterocycles. The van der Waals surface area contributed by atoms with E-state index in [9.17, 15) is 9.90 Å². The van der Waals surface area contributed by atoms with Crippen molar-refractivity contribution in [3.8, 4) is 0 Å². The smallest absolute Gasteiger partial charge is 0.342 e. The molecular formula is C11H16O4. The molecule has 0 fully saturated rings. The summed E-state index contributed by atoms with van der Waals surface area (Å²) in [4.78, 5) is 11.3. The van der Waals surface area contributed by atoms with Gasteiger partial charge in [-0.1, -0.05) is 13.3 Å². The van der Waals surface area contributed by atoms with Crippen molar-refractivity contribution in [1.82, 2.24) is 0 Å². The third-order valence-electron chi connectivity index (χ3n) is 2.00. The molecule has 15 heavy (non-hydrogen) atoms. The molecule has 0 aliphatic carbocycles. The maximum absolute atomic E-state index is 11.3. The van der Waals surface area contributed by atoms with Crippen LogP contribution in [-0.2, 0) is 9.53 Å². The van der Waals surface area contributed by atoms with Gasteiger partial charge < -0.3 is 14.3 Å². The van der Waals surface area contributed by atoms with Crippen LogP contribution in [0.25, 0.3) is 0 Å². The normalized spacial score (nSPS) is 12.5. The first-order valence-electron chi connectivity index (χ1n) is 5.06. The maximum atomic E-state index is 11.3. The number of aryl methyl sites for hydroxylation is 1.